The molecule has 0 amide bonds. The van der Waals surface area contributed by atoms with Crippen LogP contribution in [0, 0.1) is 6.92 Å². The van der Waals surface area contributed by atoms with Gasteiger partial charge in [-0.05, 0) is 69.8 Å². The Morgan fingerprint density at radius 2 is 2.00 bits per heavy atom. The van der Waals surface area contributed by atoms with Gasteiger partial charge in [-0.1, -0.05) is 6.07 Å². The van der Waals surface area contributed by atoms with E-state index in [4.69, 9.17) is 9.97 Å². The summed E-state index contributed by atoms with van der Waals surface area (Å²) in [6.07, 6.45) is 4.51. The van der Waals surface area contributed by atoms with Gasteiger partial charge in [0.25, 0.3) is 0 Å². The minimum Gasteiger partial charge on any atom is -0.341 e. The summed E-state index contributed by atoms with van der Waals surface area (Å²) >= 11 is 1.82. The van der Waals surface area contributed by atoms with Gasteiger partial charge in [0, 0.05) is 41.7 Å². The number of fused-ring (bicyclic) bond motifs is 1. The normalized spacial score (nSPS) is 19.0. The van der Waals surface area contributed by atoms with Crippen molar-refractivity contribution in [1.29, 1.82) is 0 Å². The van der Waals surface area contributed by atoms with Gasteiger partial charge in [-0.3, -0.25) is 4.90 Å². The smallest absolute Gasteiger partial charge is 0.226 e. The lowest BCUT2D eigenvalue weighted by Gasteiger charge is -2.32. The van der Waals surface area contributed by atoms with E-state index < -0.39 is 9.84 Å². The van der Waals surface area contributed by atoms with Crippen LogP contribution in [0.2, 0.25) is 0 Å². The number of thiophene rings is 1. The van der Waals surface area contributed by atoms with Gasteiger partial charge < -0.3 is 4.90 Å². The fourth-order valence-corrected chi connectivity index (χ4v) is 5.83. The van der Waals surface area contributed by atoms with Crippen LogP contribution in [0.15, 0.2) is 40.6 Å². The molecule has 1 aliphatic rings. The number of hydrogen-bond donors (Lipinski definition) is 0. The molecule has 2 unspecified atom stereocenters. The molecule has 6 nitrogen and oxygen atoms in total. The molecule has 0 radical (unpaired) electrons. The summed E-state index contributed by atoms with van der Waals surface area (Å²) in [5.41, 5.74) is 1.57. The first-order valence-corrected chi connectivity index (χ1v) is 13.5. The molecule has 2 atom stereocenters. The van der Waals surface area contributed by atoms with E-state index in [0.717, 1.165) is 43.4 Å². The first-order chi connectivity index (χ1) is 14.7. The Bertz CT molecular complexity index is 1160. The largest absolute Gasteiger partial charge is 0.341 e. The van der Waals surface area contributed by atoms with Crippen molar-refractivity contribution in [2.45, 2.75) is 50.1 Å². The first kappa shape index (κ1) is 22.2. The minimum atomic E-state index is -3.27. The number of aryl methyl sites for hydroxylation is 1. The maximum absolute atomic E-state index is 12.0. The standard InChI is InChI=1S/C23H30N4O2S2/c1-16-20-10-9-19(31(4,28)29)15-21(20)25-23(24-16)27-12-5-7-18(11-13-27)26(3)17(2)22-8-6-14-30-22/h6,8-10,14-15,17-18H,5,7,11-13H2,1-4H3. The Balaban J connectivity index is 1.55. The Kier molecular flexibility index (Phi) is 6.32. The highest BCUT2D eigenvalue weighted by Crippen LogP contribution is 2.29. The molecule has 31 heavy (non-hydrogen) atoms. The molecule has 0 spiro atoms. The quantitative estimate of drug-likeness (QED) is 0.563. The number of sulfone groups is 1. The lowest BCUT2D eigenvalue weighted by atomic mass is 10.1. The van der Waals surface area contributed by atoms with E-state index in [1.54, 1.807) is 12.1 Å². The average molecular weight is 459 g/mol. The highest BCUT2D eigenvalue weighted by molar-refractivity contribution is 7.90. The van der Waals surface area contributed by atoms with Crippen LogP contribution in [0.4, 0.5) is 5.95 Å². The zero-order valence-electron chi connectivity index (χ0n) is 18.6. The number of anilines is 1. The Labute approximate surface area is 188 Å². The Hall–Kier alpha value is -2.03. The van der Waals surface area contributed by atoms with Crippen LogP contribution in [0.1, 0.15) is 42.8 Å². The molecule has 1 saturated heterocycles. The Morgan fingerprint density at radius 3 is 2.71 bits per heavy atom. The predicted molar refractivity (Wildman–Crippen MR) is 128 cm³/mol. The van der Waals surface area contributed by atoms with Crippen molar-refractivity contribution in [1.82, 2.24) is 14.9 Å². The summed E-state index contributed by atoms with van der Waals surface area (Å²) in [5, 5.41) is 3.04. The number of benzene rings is 1. The van der Waals surface area contributed by atoms with Crippen molar-refractivity contribution in [3.05, 3.63) is 46.3 Å². The molecule has 166 valence electrons. The summed E-state index contributed by atoms with van der Waals surface area (Å²) in [6.45, 7) is 6.05. The summed E-state index contributed by atoms with van der Waals surface area (Å²) in [7, 11) is -1.04. The summed E-state index contributed by atoms with van der Waals surface area (Å²) in [6, 6.07) is 10.4. The zero-order chi connectivity index (χ0) is 22.2. The number of hydrogen-bond acceptors (Lipinski definition) is 7. The van der Waals surface area contributed by atoms with Gasteiger partial charge in [-0.15, -0.1) is 11.3 Å². The second kappa shape index (κ2) is 8.84. The molecule has 1 aliphatic heterocycles. The van der Waals surface area contributed by atoms with Crippen molar-refractivity contribution < 1.29 is 8.42 Å². The van der Waals surface area contributed by atoms with Crippen LogP contribution < -0.4 is 4.90 Å². The lowest BCUT2D eigenvalue weighted by molar-refractivity contribution is 0.174. The Morgan fingerprint density at radius 1 is 1.19 bits per heavy atom. The predicted octanol–water partition coefficient (Wildman–Crippen LogP) is 4.46. The minimum absolute atomic E-state index is 0.296. The van der Waals surface area contributed by atoms with Crippen molar-refractivity contribution in [2.75, 3.05) is 31.3 Å². The third kappa shape index (κ3) is 4.76. The summed E-state index contributed by atoms with van der Waals surface area (Å²) in [4.78, 5) is 16.0. The van der Waals surface area contributed by atoms with Crippen molar-refractivity contribution in [2.24, 2.45) is 0 Å². The first-order valence-electron chi connectivity index (χ1n) is 10.7. The molecule has 0 aliphatic carbocycles. The van der Waals surface area contributed by atoms with E-state index in [1.807, 2.05) is 24.3 Å². The molecule has 4 rings (SSSR count). The SMILES string of the molecule is Cc1nc(N2CCCC(N(C)C(C)c3cccs3)CC2)nc2cc(S(C)(=O)=O)ccc12. The maximum Gasteiger partial charge on any atom is 0.226 e. The molecule has 1 aromatic carbocycles. The molecule has 2 aromatic heterocycles. The van der Waals surface area contributed by atoms with Gasteiger partial charge in [-0.2, -0.15) is 0 Å². The second-order valence-corrected chi connectivity index (χ2v) is 11.5. The van der Waals surface area contributed by atoms with Gasteiger partial charge in [0.1, 0.15) is 0 Å². The molecular weight excluding hydrogens is 428 g/mol. The van der Waals surface area contributed by atoms with Crippen molar-refractivity contribution in [3.8, 4) is 0 Å². The maximum atomic E-state index is 12.0. The zero-order valence-corrected chi connectivity index (χ0v) is 20.2. The molecule has 0 bridgehead atoms. The molecule has 1 fully saturated rings. The molecule has 8 heteroatoms. The average Bonchev–Trinajstić information content (AvgIpc) is 3.16. The number of nitrogens with zero attached hydrogens (tertiary/aromatic N) is 4. The second-order valence-electron chi connectivity index (χ2n) is 8.49. The molecular formula is C23H30N4O2S2. The van der Waals surface area contributed by atoms with Crippen LogP contribution in [0.3, 0.4) is 0 Å². The van der Waals surface area contributed by atoms with Gasteiger partial charge in [0.15, 0.2) is 9.84 Å². The van der Waals surface area contributed by atoms with Gasteiger partial charge in [-0.25, -0.2) is 18.4 Å². The molecule has 0 saturated carbocycles. The lowest BCUT2D eigenvalue weighted by Crippen LogP contribution is -2.35. The van der Waals surface area contributed by atoms with E-state index in [1.165, 1.54) is 11.1 Å². The van der Waals surface area contributed by atoms with Gasteiger partial charge in [0.2, 0.25) is 5.95 Å². The van der Waals surface area contributed by atoms with Crippen molar-refractivity contribution >= 4 is 38.0 Å². The van der Waals surface area contributed by atoms with Crippen LogP contribution in [-0.4, -0.2) is 55.7 Å². The van der Waals surface area contributed by atoms with E-state index in [9.17, 15) is 8.42 Å². The van der Waals surface area contributed by atoms with E-state index >= 15 is 0 Å². The van der Waals surface area contributed by atoms with E-state index in [0.29, 0.717) is 28.4 Å². The summed E-state index contributed by atoms with van der Waals surface area (Å²) < 4.78 is 24.0. The fourth-order valence-electron chi connectivity index (χ4n) is 4.36. The molecule has 3 aromatic rings. The summed E-state index contributed by atoms with van der Waals surface area (Å²) in [5.74, 6) is 0.699. The van der Waals surface area contributed by atoms with E-state index in [-0.39, 0.29) is 0 Å². The monoisotopic (exact) mass is 458 g/mol. The number of aromatic nitrogens is 2. The van der Waals surface area contributed by atoms with E-state index in [2.05, 4.69) is 41.3 Å². The fraction of sp³-hybridized carbons (Fsp3) is 0.478. The van der Waals surface area contributed by atoms with Crippen LogP contribution in [-0.2, 0) is 9.84 Å². The third-order valence-electron chi connectivity index (χ3n) is 6.40. The van der Waals surface area contributed by atoms with Crippen LogP contribution >= 0.6 is 11.3 Å². The third-order valence-corrected chi connectivity index (χ3v) is 8.55. The van der Waals surface area contributed by atoms with Crippen LogP contribution in [0.25, 0.3) is 10.9 Å². The highest BCUT2D eigenvalue weighted by Gasteiger charge is 2.26. The van der Waals surface area contributed by atoms with Crippen LogP contribution in [0.5, 0.6) is 0 Å². The van der Waals surface area contributed by atoms with Gasteiger partial charge in [0.05, 0.1) is 16.1 Å². The van der Waals surface area contributed by atoms with Crippen molar-refractivity contribution in [3.63, 3.8) is 0 Å². The molecule has 3 heterocycles. The molecule has 0 N–H and O–H groups in total. The van der Waals surface area contributed by atoms with Gasteiger partial charge >= 0.3 is 0 Å². The highest BCUT2D eigenvalue weighted by atomic mass is 32.2. The number of rotatable bonds is 5. The topological polar surface area (TPSA) is 66.4 Å².